The van der Waals surface area contributed by atoms with E-state index in [1.54, 1.807) is 19.3 Å². The molecule has 8 heteroatoms. The molecule has 1 fully saturated rings. The van der Waals surface area contributed by atoms with Crippen molar-refractivity contribution in [2.75, 3.05) is 38.2 Å². The molecule has 0 saturated carbocycles. The van der Waals surface area contributed by atoms with Crippen molar-refractivity contribution in [3.63, 3.8) is 0 Å². The Morgan fingerprint density at radius 1 is 1.30 bits per heavy atom. The molecule has 27 heavy (non-hydrogen) atoms. The quantitative estimate of drug-likeness (QED) is 0.627. The molecule has 140 valence electrons. The molecule has 4 rings (SSSR count). The number of fused-ring (bicyclic) bond motifs is 1. The van der Waals surface area contributed by atoms with E-state index in [0.717, 1.165) is 35.2 Å². The Morgan fingerprint density at radius 2 is 2.11 bits per heavy atom. The van der Waals surface area contributed by atoms with E-state index in [2.05, 4.69) is 16.0 Å². The van der Waals surface area contributed by atoms with Crippen LogP contribution in [0.4, 0.5) is 5.69 Å². The Hall–Kier alpha value is -2.51. The van der Waals surface area contributed by atoms with Crippen molar-refractivity contribution in [2.24, 2.45) is 0 Å². The summed E-state index contributed by atoms with van der Waals surface area (Å²) in [4.78, 5) is 21.8. The van der Waals surface area contributed by atoms with Gasteiger partial charge in [0, 0.05) is 55.6 Å². The second-order valence-electron chi connectivity index (χ2n) is 6.19. The first kappa shape index (κ1) is 17.9. The number of nitrogens with zero attached hydrogens (tertiary/aromatic N) is 4. The van der Waals surface area contributed by atoms with Gasteiger partial charge in [0.05, 0.1) is 12.8 Å². The van der Waals surface area contributed by atoms with Crippen LogP contribution in [0.5, 0.6) is 5.75 Å². The fourth-order valence-corrected chi connectivity index (χ4v) is 4.18. The van der Waals surface area contributed by atoms with E-state index >= 15 is 0 Å². The van der Waals surface area contributed by atoms with Gasteiger partial charge in [-0.1, -0.05) is 17.7 Å². The summed E-state index contributed by atoms with van der Waals surface area (Å²) in [6.45, 7) is 2.92. The second kappa shape index (κ2) is 7.62. The van der Waals surface area contributed by atoms with Gasteiger partial charge in [0.15, 0.2) is 10.1 Å². The SMILES string of the molecule is COc1cccc(N2CCN(C(=O)/C=C/c3c(Cl)nc4sccn34)CC2)c1. The Labute approximate surface area is 166 Å². The monoisotopic (exact) mass is 402 g/mol. The van der Waals surface area contributed by atoms with Gasteiger partial charge >= 0.3 is 0 Å². The summed E-state index contributed by atoms with van der Waals surface area (Å²) < 4.78 is 7.18. The highest BCUT2D eigenvalue weighted by Crippen LogP contribution is 2.23. The van der Waals surface area contributed by atoms with Gasteiger partial charge in [0.2, 0.25) is 5.91 Å². The summed E-state index contributed by atoms with van der Waals surface area (Å²) >= 11 is 7.68. The van der Waals surface area contributed by atoms with E-state index in [1.807, 2.05) is 39.1 Å². The van der Waals surface area contributed by atoms with E-state index < -0.39 is 0 Å². The maximum atomic E-state index is 12.6. The second-order valence-corrected chi connectivity index (χ2v) is 7.42. The standard InChI is InChI=1S/C19H19ClN4O2S/c1-26-15-4-2-3-14(13-15)22-7-9-23(10-8-22)17(25)6-5-16-18(20)21-19-24(16)11-12-27-19/h2-6,11-13H,7-10H2,1H3/b6-5+. The number of anilines is 1. The average Bonchev–Trinajstić information content (AvgIpc) is 3.27. The van der Waals surface area contributed by atoms with E-state index in [1.165, 1.54) is 11.3 Å². The van der Waals surface area contributed by atoms with Gasteiger partial charge in [-0.3, -0.25) is 9.20 Å². The van der Waals surface area contributed by atoms with Gasteiger partial charge in [-0.15, -0.1) is 11.3 Å². The predicted molar refractivity (Wildman–Crippen MR) is 109 cm³/mol. The van der Waals surface area contributed by atoms with Crippen LogP contribution in [0, 0.1) is 0 Å². The highest BCUT2D eigenvalue weighted by atomic mass is 35.5. The number of methoxy groups -OCH3 is 1. The van der Waals surface area contributed by atoms with Crippen molar-refractivity contribution in [1.29, 1.82) is 0 Å². The normalized spacial score (nSPS) is 15.0. The van der Waals surface area contributed by atoms with E-state index in [4.69, 9.17) is 16.3 Å². The molecule has 1 saturated heterocycles. The van der Waals surface area contributed by atoms with Crippen molar-refractivity contribution in [1.82, 2.24) is 14.3 Å². The molecule has 1 aliphatic heterocycles. The zero-order valence-electron chi connectivity index (χ0n) is 14.8. The summed E-state index contributed by atoms with van der Waals surface area (Å²) in [6.07, 6.45) is 5.22. The number of hydrogen-bond acceptors (Lipinski definition) is 5. The number of rotatable bonds is 4. The molecular formula is C19H19ClN4O2S. The molecule has 0 atom stereocenters. The highest BCUT2D eigenvalue weighted by molar-refractivity contribution is 7.15. The first-order chi connectivity index (χ1) is 13.2. The lowest BCUT2D eigenvalue weighted by Crippen LogP contribution is -2.48. The number of ether oxygens (including phenoxy) is 1. The van der Waals surface area contributed by atoms with Crippen LogP contribution in [0.25, 0.3) is 11.0 Å². The van der Waals surface area contributed by atoms with Gasteiger partial charge in [0.1, 0.15) is 5.75 Å². The first-order valence-corrected chi connectivity index (χ1v) is 9.88. The molecular weight excluding hydrogens is 384 g/mol. The number of imidazole rings is 1. The van der Waals surface area contributed by atoms with Crippen molar-refractivity contribution >= 4 is 45.6 Å². The van der Waals surface area contributed by atoms with Crippen LogP contribution in [0.3, 0.4) is 0 Å². The fourth-order valence-electron chi connectivity index (χ4n) is 3.17. The van der Waals surface area contributed by atoms with Crippen LogP contribution in [0.15, 0.2) is 41.9 Å². The summed E-state index contributed by atoms with van der Waals surface area (Å²) in [7, 11) is 1.67. The first-order valence-electron chi connectivity index (χ1n) is 8.63. The maximum Gasteiger partial charge on any atom is 0.246 e. The van der Waals surface area contributed by atoms with Crippen molar-refractivity contribution in [3.05, 3.63) is 52.8 Å². The molecule has 6 nitrogen and oxygen atoms in total. The Morgan fingerprint density at radius 3 is 2.89 bits per heavy atom. The van der Waals surface area contributed by atoms with E-state index in [0.29, 0.717) is 18.2 Å². The minimum atomic E-state index is -0.0125. The molecule has 1 aromatic carbocycles. The third kappa shape index (κ3) is 3.65. The average molecular weight is 403 g/mol. The third-order valence-electron chi connectivity index (χ3n) is 4.65. The number of piperazine rings is 1. The van der Waals surface area contributed by atoms with Crippen molar-refractivity contribution in [2.45, 2.75) is 0 Å². The Balaban J connectivity index is 1.40. The Kier molecular flexibility index (Phi) is 5.05. The lowest BCUT2D eigenvalue weighted by molar-refractivity contribution is -0.126. The largest absolute Gasteiger partial charge is 0.497 e. The zero-order valence-corrected chi connectivity index (χ0v) is 16.4. The van der Waals surface area contributed by atoms with Crippen LogP contribution in [-0.2, 0) is 4.79 Å². The number of halogens is 1. The lowest BCUT2D eigenvalue weighted by Gasteiger charge is -2.35. The number of hydrogen-bond donors (Lipinski definition) is 0. The Bertz CT molecular complexity index is 989. The number of amides is 1. The van der Waals surface area contributed by atoms with Crippen molar-refractivity contribution in [3.8, 4) is 5.75 Å². The predicted octanol–water partition coefficient (Wildman–Crippen LogP) is 3.42. The number of benzene rings is 1. The molecule has 3 heterocycles. The van der Waals surface area contributed by atoms with Crippen LogP contribution in [-0.4, -0.2) is 53.5 Å². The summed E-state index contributed by atoms with van der Waals surface area (Å²) in [5.41, 5.74) is 1.85. The number of aromatic nitrogens is 2. The molecule has 0 bridgehead atoms. The smallest absolute Gasteiger partial charge is 0.246 e. The maximum absolute atomic E-state index is 12.6. The summed E-state index contributed by atoms with van der Waals surface area (Å²) in [5, 5.41) is 2.35. The molecule has 0 aliphatic carbocycles. The van der Waals surface area contributed by atoms with Gasteiger partial charge in [-0.25, -0.2) is 4.98 Å². The third-order valence-corrected chi connectivity index (χ3v) is 5.68. The lowest BCUT2D eigenvalue weighted by atomic mass is 10.2. The number of thiazole rings is 1. The molecule has 0 unspecified atom stereocenters. The van der Waals surface area contributed by atoms with Crippen molar-refractivity contribution < 1.29 is 9.53 Å². The van der Waals surface area contributed by atoms with Gasteiger partial charge in [0.25, 0.3) is 0 Å². The van der Waals surface area contributed by atoms with Crippen LogP contribution < -0.4 is 9.64 Å². The van der Waals surface area contributed by atoms with Crippen LogP contribution in [0.2, 0.25) is 5.15 Å². The molecule has 0 N–H and O–H groups in total. The van der Waals surface area contributed by atoms with Gasteiger partial charge in [-0.05, 0) is 18.2 Å². The summed E-state index contributed by atoms with van der Waals surface area (Å²) in [6, 6.07) is 7.99. The molecule has 1 amide bonds. The van der Waals surface area contributed by atoms with Crippen LogP contribution >= 0.6 is 22.9 Å². The number of carbonyl (C=O) groups is 1. The minimum Gasteiger partial charge on any atom is -0.497 e. The fraction of sp³-hybridized carbons (Fsp3) is 0.263. The number of carbonyl (C=O) groups excluding carboxylic acids is 1. The molecule has 1 aliphatic rings. The van der Waals surface area contributed by atoms with E-state index in [-0.39, 0.29) is 5.91 Å². The highest BCUT2D eigenvalue weighted by Gasteiger charge is 2.20. The van der Waals surface area contributed by atoms with Gasteiger partial charge < -0.3 is 14.5 Å². The van der Waals surface area contributed by atoms with Gasteiger partial charge in [-0.2, -0.15) is 0 Å². The zero-order chi connectivity index (χ0) is 18.8. The molecule has 3 aromatic rings. The summed E-state index contributed by atoms with van der Waals surface area (Å²) in [5.74, 6) is 0.827. The van der Waals surface area contributed by atoms with Crippen LogP contribution in [0.1, 0.15) is 5.69 Å². The molecule has 2 aromatic heterocycles. The molecule has 0 radical (unpaired) electrons. The topological polar surface area (TPSA) is 50.1 Å². The van der Waals surface area contributed by atoms with E-state index in [9.17, 15) is 4.79 Å². The molecule has 0 spiro atoms. The minimum absolute atomic E-state index is 0.0125.